The van der Waals surface area contributed by atoms with Crippen LogP contribution in [-0.4, -0.2) is 16.6 Å². The molecular formula is C28H26N4OS2. The van der Waals surface area contributed by atoms with E-state index in [0.29, 0.717) is 28.3 Å². The maximum atomic E-state index is 12.8. The lowest BCUT2D eigenvalue weighted by Gasteiger charge is -2.15. The van der Waals surface area contributed by atoms with Crippen LogP contribution in [0.1, 0.15) is 65.6 Å². The van der Waals surface area contributed by atoms with Gasteiger partial charge < -0.3 is 5.32 Å². The number of carbonyl (C=O) groups excluding carboxylic acids is 1. The summed E-state index contributed by atoms with van der Waals surface area (Å²) in [5.74, 6) is 0.410. The molecule has 1 aromatic carbocycles. The van der Waals surface area contributed by atoms with Gasteiger partial charge in [-0.1, -0.05) is 37.1 Å². The predicted octanol–water partition coefficient (Wildman–Crippen LogP) is 6.43. The van der Waals surface area contributed by atoms with Crippen molar-refractivity contribution >= 4 is 34.0 Å². The second-order valence-corrected chi connectivity index (χ2v) is 11.1. The SMILES string of the molecule is N#Cc1cc2c(nc1SCCC(=O)Nc1sc3c(c1C#N)CCc1ccccc1-3)CCCCCC2. The molecule has 0 bridgehead atoms. The number of thiophene rings is 1. The molecule has 0 atom stereocenters. The van der Waals surface area contributed by atoms with Crippen molar-refractivity contribution < 1.29 is 4.79 Å². The Morgan fingerprint density at radius 3 is 2.69 bits per heavy atom. The summed E-state index contributed by atoms with van der Waals surface area (Å²) in [5.41, 5.74) is 7.01. The Balaban J connectivity index is 1.26. The zero-order valence-corrected chi connectivity index (χ0v) is 21.2. The van der Waals surface area contributed by atoms with Crippen LogP contribution in [0.4, 0.5) is 5.00 Å². The van der Waals surface area contributed by atoms with Gasteiger partial charge in [-0.2, -0.15) is 10.5 Å². The molecule has 2 aliphatic carbocycles. The fraction of sp³-hybridized carbons (Fsp3) is 0.357. The van der Waals surface area contributed by atoms with E-state index in [9.17, 15) is 15.3 Å². The standard InChI is InChI=1S/C28H26N4OS2/c29-16-20-15-19-8-3-1-2-4-10-24(19)31-27(20)34-14-13-25(33)32-28-23(17-30)22-12-11-18-7-5-6-9-21(18)26(22)35-28/h5-7,9,15H,1-4,8,10-14H2,(H,32,33). The first-order valence-electron chi connectivity index (χ1n) is 12.2. The Kier molecular flexibility index (Phi) is 7.18. The largest absolute Gasteiger partial charge is 0.317 e. The van der Waals surface area contributed by atoms with Crippen molar-refractivity contribution in [2.75, 3.05) is 11.1 Å². The number of nitrogens with zero attached hydrogens (tertiary/aromatic N) is 3. The summed E-state index contributed by atoms with van der Waals surface area (Å²) in [4.78, 5) is 18.7. The van der Waals surface area contributed by atoms with Crippen molar-refractivity contribution in [1.82, 2.24) is 4.98 Å². The first-order chi connectivity index (χ1) is 17.2. The number of aromatic nitrogens is 1. The summed E-state index contributed by atoms with van der Waals surface area (Å²) >= 11 is 2.96. The van der Waals surface area contributed by atoms with Crippen LogP contribution in [0.5, 0.6) is 0 Å². The molecule has 0 aliphatic heterocycles. The number of carbonyl (C=O) groups is 1. The summed E-state index contributed by atoms with van der Waals surface area (Å²) in [6, 6.07) is 14.9. The minimum atomic E-state index is -0.120. The molecule has 0 saturated carbocycles. The number of anilines is 1. The minimum Gasteiger partial charge on any atom is -0.317 e. The van der Waals surface area contributed by atoms with E-state index in [1.54, 1.807) is 0 Å². The normalized spacial score (nSPS) is 14.3. The molecule has 1 amide bonds. The fourth-order valence-corrected chi connectivity index (χ4v) is 7.13. The quantitative estimate of drug-likeness (QED) is 0.409. The molecule has 5 rings (SSSR count). The van der Waals surface area contributed by atoms with Gasteiger partial charge in [-0.25, -0.2) is 4.98 Å². The molecule has 2 aliphatic rings. The Morgan fingerprint density at radius 2 is 1.86 bits per heavy atom. The van der Waals surface area contributed by atoms with Crippen molar-refractivity contribution in [3.05, 3.63) is 63.8 Å². The van der Waals surface area contributed by atoms with Crippen LogP contribution in [0.3, 0.4) is 0 Å². The maximum Gasteiger partial charge on any atom is 0.225 e. The molecule has 0 radical (unpaired) electrons. The number of thioether (sulfide) groups is 1. The number of fused-ring (bicyclic) bond motifs is 4. The molecular weight excluding hydrogens is 472 g/mol. The number of aryl methyl sites for hydroxylation is 3. The van der Waals surface area contributed by atoms with Gasteiger partial charge in [-0.15, -0.1) is 23.1 Å². The summed E-state index contributed by atoms with van der Waals surface area (Å²) in [6.07, 6.45) is 8.71. The average Bonchev–Trinajstić information content (AvgIpc) is 3.22. The summed E-state index contributed by atoms with van der Waals surface area (Å²) in [7, 11) is 0. The third-order valence-electron chi connectivity index (χ3n) is 6.73. The number of benzene rings is 1. The third-order valence-corrected chi connectivity index (χ3v) is 8.91. The van der Waals surface area contributed by atoms with E-state index < -0.39 is 0 Å². The Morgan fingerprint density at radius 1 is 1.03 bits per heavy atom. The maximum absolute atomic E-state index is 12.8. The molecule has 0 spiro atoms. The van der Waals surface area contributed by atoms with Crippen molar-refractivity contribution in [3.8, 4) is 22.6 Å². The van der Waals surface area contributed by atoms with Gasteiger partial charge in [0.25, 0.3) is 0 Å². The van der Waals surface area contributed by atoms with Crippen LogP contribution >= 0.6 is 23.1 Å². The van der Waals surface area contributed by atoms with Crippen molar-refractivity contribution in [2.45, 2.75) is 62.8 Å². The second-order valence-electron chi connectivity index (χ2n) is 9.00. The van der Waals surface area contributed by atoms with E-state index in [0.717, 1.165) is 59.7 Å². The highest BCUT2D eigenvalue weighted by Gasteiger charge is 2.25. The van der Waals surface area contributed by atoms with Crippen LogP contribution in [0.2, 0.25) is 0 Å². The van der Waals surface area contributed by atoms with Crippen LogP contribution < -0.4 is 5.32 Å². The van der Waals surface area contributed by atoms with Gasteiger partial charge >= 0.3 is 0 Å². The number of nitrogens with one attached hydrogen (secondary N) is 1. The van der Waals surface area contributed by atoms with Crippen LogP contribution in [0.15, 0.2) is 35.4 Å². The molecule has 5 nitrogen and oxygen atoms in total. The van der Waals surface area contributed by atoms with Crippen molar-refractivity contribution in [3.63, 3.8) is 0 Å². The lowest BCUT2D eigenvalue weighted by Crippen LogP contribution is -2.12. The van der Waals surface area contributed by atoms with E-state index in [1.807, 2.05) is 18.2 Å². The zero-order chi connectivity index (χ0) is 24.2. The van der Waals surface area contributed by atoms with Crippen LogP contribution in [0.25, 0.3) is 10.4 Å². The highest BCUT2D eigenvalue weighted by atomic mass is 32.2. The van der Waals surface area contributed by atoms with E-state index in [1.165, 1.54) is 52.6 Å². The Labute approximate surface area is 214 Å². The van der Waals surface area contributed by atoms with Crippen molar-refractivity contribution in [1.29, 1.82) is 10.5 Å². The van der Waals surface area contributed by atoms with E-state index in [2.05, 4.69) is 29.6 Å². The molecule has 2 heterocycles. The first kappa shape index (κ1) is 23.6. The fourth-order valence-electron chi connectivity index (χ4n) is 4.93. The monoisotopic (exact) mass is 498 g/mol. The molecule has 2 aromatic heterocycles. The Hall–Kier alpha value is -3.13. The van der Waals surface area contributed by atoms with Crippen LogP contribution in [0, 0.1) is 22.7 Å². The number of pyridine rings is 1. The number of nitriles is 2. The second kappa shape index (κ2) is 10.6. The molecule has 0 fully saturated rings. The number of hydrogen-bond acceptors (Lipinski definition) is 6. The van der Waals surface area contributed by atoms with Gasteiger partial charge in [0.1, 0.15) is 22.2 Å². The molecule has 176 valence electrons. The van der Waals surface area contributed by atoms with Gasteiger partial charge in [0.05, 0.1) is 11.1 Å². The molecule has 0 saturated heterocycles. The Bertz CT molecular complexity index is 1360. The number of amides is 1. The highest BCUT2D eigenvalue weighted by Crippen LogP contribution is 2.44. The van der Waals surface area contributed by atoms with E-state index >= 15 is 0 Å². The lowest BCUT2D eigenvalue weighted by atomic mass is 9.90. The topological polar surface area (TPSA) is 89.6 Å². The summed E-state index contributed by atoms with van der Waals surface area (Å²) in [5, 5.41) is 23.8. The molecule has 7 heteroatoms. The lowest BCUT2D eigenvalue weighted by molar-refractivity contribution is -0.115. The van der Waals surface area contributed by atoms with Gasteiger partial charge in [0.15, 0.2) is 0 Å². The smallest absolute Gasteiger partial charge is 0.225 e. The molecule has 3 aromatic rings. The number of hydrogen-bond donors (Lipinski definition) is 1. The predicted molar refractivity (Wildman–Crippen MR) is 141 cm³/mol. The molecule has 0 unspecified atom stereocenters. The number of rotatable bonds is 5. The summed E-state index contributed by atoms with van der Waals surface area (Å²) in [6.45, 7) is 0. The van der Waals surface area contributed by atoms with Gasteiger partial charge in [0.2, 0.25) is 5.91 Å². The molecule has 1 N–H and O–H groups in total. The van der Waals surface area contributed by atoms with Crippen LogP contribution in [-0.2, 0) is 30.5 Å². The van der Waals surface area contributed by atoms with Gasteiger partial charge in [-0.05, 0) is 66.8 Å². The summed E-state index contributed by atoms with van der Waals surface area (Å²) < 4.78 is 0. The highest BCUT2D eigenvalue weighted by molar-refractivity contribution is 7.99. The van der Waals surface area contributed by atoms with Gasteiger partial charge in [-0.3, -0.25) is 4.79 Å². The zero-order valence-electron chi connectivity index (χ0n) is 19.5. The first-order valence-corrected chi connectivity index (χ1v) is 14.0. The van der Waals surface area contributed by atoms with Gasteiger partial charge in [0, 0.05) is 22.7 Å². The minimum absolute atomic E-state index is 0.120. The van der Waals surface area contributed by atoms with Crippen molar-refractivity contribution in [2.24, 2.45) is 0 Å². The average molecular weight is 499 g/mol. The molecule has 35 heavy (non-hydrogen) atoms. The third kappa shape index (κ3) is 4.98. The van der Waals surface area contributed by atoms with E-state index in [4.69, 9.17) is 4.98 Å². The van der Waals surface area contributed by atoms with E-state index in [-0.39, 0.29) is 5.91 Å².